The normalized spacial score (nSPS) is 12.1. The van der Waals surface area contributed by atoms with Crippen molar-refractivity contribution in [2.24, 2.45) is 0 Å². The molecule has 0 aliphatic heterocycles. The van der Waals surface area contributed by atoms with Gasteiger partial charge in [0.15, 0.2) is 0 Å². The van der Waals surface area contributed by atoms with Gasteiger partial charge in [-0.05, 0) is 12.0 Å². The molecule has 1 aromatic rings. The zero-order valence-electron chi connectivity index (χ0n) is 9.45. The molecule has 0 amide bonds. The van der Waals surface area contributed by atoms with Crippen LogP contribution in [0.25, 0.3) is 0 Å². The molecule has 1 rings (SSSR count). The summed E-state index contributed by atoms with van der Waals surface area (Å²) in [5.74, 6) is -0.248. The van der Waals surface area contributed by atoms with Crippen LogP contribution in [0.1, 0.15) is 12.0 Å². The Bertz CT molecular complexity index is 437. The van der Waals surface area contributed by atoms with Gasteiger partial charge in [-0.1, -0.05) is 42.5 Å². The fourth-order valence-corrected chi connectivity index (χ4v) is 1.66. The summed E-state index contributed by atoms with van der Waals surface area (Å²) in [5, 5.41) is 0. The lowest BCUT2D eigenvalue weighted by Gasteiger charge is -2.00. The minimum absolute atomic E-state index is 0.248. The SMILES string of the molecule is O=S(=O)(O)CCC=CCOCc1ccccc1. The molecule has 0 heterocycles. The third-order valence-electron chi connectivity index (χ3n) is 2.03. The van der Waals surface area contributed by atoms with Crippen molar-refractivity contribution < 1.29 is 17.7 Å². The number of hydrogen-bond donors (Lipinski definition) is 1. The lowest BCUT2D eigenvalue weighted by Crippen LogP contribution is -2.02. The number of ether oxygens (including phenoxy) is 1. The molecule has 0 radical (unpaired) electrons. The summed E-state index contributed by atoms with van der Waals surface area (Å²) in [4.78, 5) is 0. The van der Waals surface area contributed by atoms with Crippen molar-refractivity contribution in [3.8, 4) is 0 Å². The minimum atomic E-state index is -3.85. The molecule has 1 N–H and O–H groups in total. The van der Waals surface area contributed by atoms with E-state index in [9.17, 15) is 8.42 Å². The van der Waals surface area contributed by atoms with Crippen molar-refractivity contribution in [2.75, 3.05) is 12.4 Å². The molecule has 17 heavy (non-hydrogen) atoms. The van der Waals surface area contributed by atoms with Crippen molar-refractivity contribution in [3.63, 3.8) is 0 Å². The second kappa shape index (κ2) is 7.21. The molecule has 94 valence electrons. The van der Waals surface area contributed by atoms with Crippen LogP contribution < -0.4 is 0 Å². The second-order valence-electron chi connectivity index (χ2n) is 3.55. The summed E-state index contributed by atoms with van der Waals surface area (Å²) in [5.41, 5.74) is 1.10. The van der Waals surface area contributed by atoms with Gasteiger partial charge in [-0.15, -0.1) is 0 Å². The van der Waals surface area contributed by atoms with Crippen molar-refractivity contribution in [1.29, 1.82) is 0 Å². The highest BCUT2D eigenvalue weighted by Gasteiger charge is 2.00. The Balaban J connectivity index is 2.10. The van der Waals surface area contributed by atoms with Crippen LogP contribution >= 0.6 is 0 Å². The van der Waals surface area contributed by atoms with E-state index in [1.165, 1.54) is 0 Å². The Hall–Kier alpha value is -1.17. The molecule has 0 saturated carbocycles. The smallest absolute Gasteiger partial charge is 0.265 e. The van der Waals surface area contributed by atoms with E-state index >= 15 is 0 Å². The maximum atomic E-state index is 10.4. The van der Waals surface area contributed by atoms with Gasteiger partial charge in [0.1, 0.15) is 0 Å². The van der Waals surface area contributed by atoms with Crippen LogP contribution in [-0.2, 0) is 21.5 Å². The summed E-state index contributed by atoms with van der Waals surface area (Å²) in [7, 11) is -3.85. The van der Waals surface area contributed by atoms with Crippen LogP contribution in [0.4, 0.5) is 0 Å². The highest BCUT2D eigenvalue weighted by atomic mass is 32.2. The molecular weight excluding hydrogens is 240 g/mol. The predicted molar refractivity (Wildman–Crippen MR) is 66.3 cm³/mol. The molecule has 0 atom stereocenters. The number of hydrogen-bond acceptors (Lipinski definition) is 3. The maximum Gasteiger partial charge on any atom is 0.265 e. The number of benzene rings is 1. The first-order valence-electron chi connectivity index (χ1n) is 5.30. The number of rotatable bonds is 7. The van der Waals surface area contributed by atoms with Gasteiger partial charge in [0.25, 0.3) is 10.1 Å². The van der Waals surface area contributed by atoms with Crippen LogP contribution in [0.15, 0.2) is 42.5 Å². The van der Waals surface area contributed by atoms with Gasteiger partial charge in [0.2, 0.25) is 0 Å². The van der Waals surface area contributed by atoms with Crippen molar-refractivity contribution in [1.82, 2.24) is 0 Å². The summed E-state index contributed by atoms with van der Waals surface area (Å²) in [6, 6.07) is 9.78. The molecule has 0 bridgehead atoms. The third kappa shape index (κ3) is 7.68. The summed E-state index contributed by atoms with van der Waals surface area (Å²) < 4.78 is 34.6. The molecular formula is C12H16O4S. The molecule has 0 spiro atoms. The van der Waals surface area contributed by atoms with Crippen LogP contribution in [-0.4, -0.2) is 25.3 Å². The van der Waals surface area contributed by atoms with Crippen LogP contribution in [0.2, 0.25) is 0 Å². The lowest BCUT2D eigenvalue weighted by atomic mass is 10.2. The molecule has 0 fully saturated rings. The Morgan fingerprint density at radius 3 is 2.53 bits per heavy atom. The Labute approximate surface area is 102 Å². The fraction of sp³-hybridized carbons (Fsp3) is 0.333. The van der Waals surface area contributed by atoms with E-state index in [2.05, 4.69) is 0 Å². The molecule has 0 aromatic heterocycles. The van der Waals surface area contributed by atoms with Gasteiger partial charge in [0, 0.05) is 0 Å². The Morgan fingerprint density at radius 2 is 1.88 bits per heavy atom. The van der Waals surface area contributed by atoms with Gasteiger partial charge in [-0.3, -0.25) is 4.55 Å². The topological polar surface area (TPSA) is 63.6 Å². The molecule has 0 aliphatic rings. The number of allylic oxidation sites excluding steroid dienone is 1. The third-order valence-corrected chi connectivity index (χ3v) is 2.79. The molecule has 0 aliphatic carbocycles. The Morgan fingerprint density at radius 1 is 1.18 bits per heavy atom. The largest absolute Gasteiger partial charge is 0.373 e. The van der Waals surface area contributed by atoms with E-state index in [0.717, 1.165) is 5.56 Å². The highest BCUT2D eigenvalue weighted by molar-refractivity contribution is 7.85. The van der Waals surface area contributed by atoms with Crippen molar-refractivity contribution in [2.45, 2.75) is 13.0 Å². The molecule has 0 unspecified atom stereocenters. The first-order valence-corrected chi connectivity index (χ1v) is 6.91. The highest BCUT2D eigenvalue weighted by Crippen LogP contribution is 2.00. The fourth-order valence-electron chi connectivity index (χ4n) is 1.22. The van der Waals surface area contributed by atoms with Gasteiger partial charge in [-0.25, -0.2) is 0 Å². The lowest BCUT2D eigenvalue weighted by molar-refractivity contribution is 0.148. The predicted octanol–water partition coefficient (Wildman–Crippen LogP) is 2.04. The van der Waals surface area contributed by atoms with E-state index in [4.69, 9.17) is 9.29 Å². The second-order valence-corrected chi connectivity index (χ2v) is 5.12. The van der Waals surface area contributed by atoms with E-state index in [1.807, 2.05) is 30.3 Å². The average molecular weight is 256 g/mol. The first kappa shape index (κ1) is 13.9. The van der Waals surface area contributed by atoms with Crippen molar-refractivity contribution in [3.05, 3.63) is 48.0 Å². The zero-order chi connectivity index (χ0) is 12.6. The quantitative estimate of drug-likeness (QED) is 0.460. The van der Waals surface area contributed by atoms with E-state index in [1.54, 1.807) is 12.2 Å². The molecule has 5 heteroatoms. The molecule has 1 aromatic carbocycles. The summed E-state index contributed by atoms with van der Waals surface area (Å²) in [6.07, 6.45) is 3.72. The van der Waals surface area contributed by atoms with Crippen molar-refractivity contribution >= 4 is 10.1 Å². The zero-order valence-corrected chi connectivity index (χ0v) is 10.3. The van der Waals surface area contributed by atoms with E-state index in [0.29, 0.717) is 19.6 Å². The van der Waals surface area contributed by atoms with Crippen LogP contribution in [0.3, 0.4) is 0 Å². The first-order chi connectivity index (χ1) is 8.08. The van der Waals surface area contributed by atoms with Gasteiger partial charge >= 0.3 is 0 Å². The monoisotopic (exact) mass is 256 g/mol. The van der Waals surface area contributed by atoms with Crippen LogP contribution in [0.5, 0.6) is 0 Å². The van der Waals surface area contributed by atoms with Gasteiger partial charge < -0.3 is 4.74 Å². The van der Waals surface area contributed by atoms with E-state index in [-0.39, 0.29) is 5.75 Å². The van der Waals surface area contributed by atoms with Gasteiger partial charge in [0.05, 0.1) is 19.0 Å². The summed E-state index contributed by atoms with van der Waals surface area (Å²) in [6.45, 7) is 0.962. The average Bonchev–Trinajstić information content (AvgIpc) is 2.28. The molecule has 4 nitrogen and oxygen atoms in total. The summed E-state index contributed by atoms with van der Waals surface area (Å²) >= 11 is 0. The van der Waals surface area contributed by atoms with E-state index < -0.39 is 10.1 Å². The van der Waals surface area contributed by atoms with Crippen LogP contribution in [0, 0.1) is 0 Å². The Kier molecular flexibility index (Phi) is 5.90. The standard InChI is InChI=1S/C12H16O4S/c13-17(14,15)10-6-2-5-9-16-11-12-7-3-1-4-8-12/h1-5,7-8H,6,9-11H2,(H,13,14,15). The minimum Gasteiger partial charge on any atom is -0.373 e. The maximum absolute atomic E-state index is 10.4. The molecule has 0 saturated heterocycles. The van der Waals surface area contributed by atoms with Gasteiger partial charge in [-0.2, -0.15) is 8.42 Å².